The highest BCUT2D eigenvalue weighted by Gasteiger charge is 1.97. The first-order chi connectivity index (χ1) is 9.74. The molecule has 2 N–H and O–H groups in total. The Bertz CT molecular complexity index is 552. The molecule has 0 unspecified atom stereocenters. The topological polar surface area (TPSA) is 47.6 Å². The van der Waals surface area contributed by atoms with Gasteiger partial charge in [-0.25, -0.2) is 4.99 Å². The van der Waals surface area contributed by atoms with Gasteiger partial charge in [0.15, 0.2) is 5.17 Å². The quantitative estimate of drug-likeness (QED) is 0.517. The van der Waals surface area contributed by atoms with Gasteiger partial charge in [-0.15, -0.1) is 0 Å². The van der Waals surface area contributed by atoms with E-state index in [1.807, 2.05) is 54.6 Å². The first kappa shape index (κ1) is 14.5. The third kappa shape index (κ3) is 4.97. The van der Waals surface area contributed by atoms with E-state index in [9.17, 15) is 0 Å². The zero-order valence-corrected chi connectivity index (χ0v) is 12.3. The van der Waals surface area contributed by atoms with Gasteiger partial charge in [0.05, 0.1) is 12.3 Å². The Kier molecular flexibility index (Phi) is 5.50. The predicted molar refractivity (Wildman–Crippen MR) is 86.9 cm³/mol. The number of nitrogens with two attached hydrogens (primary N) is 1. The van der Waals surface area contributed by atoms with Gasteiger partial charge in [-0.05, 0) is 31.2 Å². The molecule has 0 spiro atoms. The van der Waals surface area contributed by atoms with Gasteiger partial charge in [0.2, 0.25) is 0 Å². The molecular weight excluding hydrogens is 268 g/mol. The van der Waals surface area contributed by atoms with Crippen molar-refractivity contribution < 1.29 is 4.74 Å². The number of ether oxygens (including phenoxy) is 1. The highest BCUT2D eigenvalue weighted by atomic mass is 32.2. The fourth-order valence-electron chi connectivity index (χ4n) is 1.60. The van der Waals surface area contributed by atoms with Crippen molar-refractivity contribution in [2.75, 3.05) is 12.4 Å². The van der Waals surface area contributed by atoms with Crippen LogP contribution in [0.2, 0.25) is 0 Å². The maximum atomic E-state index is 5.86. The Morgan fingerprint density at radius 1 is 1.10 bits per heavy atom. The largest absolute Gasteiger partial charge is 0.493 e. The van der Waals surface area contributed by atoms with E-state index < -0.39 is 0 Å². The summed E-state index contributed by atoms with van der Waals surface area (Å²) < 4.78 is 5.63. The molecule has 0 aliphatic carbocycles. The molecule has 0 heterocycles. The number of hydrogen-bond acceptors (Lipinski definition) is 3. The number of thioether (sulfide) groups is 1. The van der Waals surface area contributed by atoms with E-state index in [0.717, 1.165) is 17.2 Å². The van der Waals surface area contributed by atoms with E-state index in [1.54, 1.807) is 0 Å². The molecule has 0 radical (unpaired) electrons. The van der Waals surface area contributed by atoms with Crippen LogP contribution in [0, 0.1) is 6.92 Å². The van der Waals surface area contributed by atoms with Crippen molar-refractivity contribution in [3.63, 3.8) is 0 Å². The summed E-state index contributed by atoms with van der Waals surface area (Å²) in [5.74, 6) is 1.66. The normalized spacial score (nSPS) is 11.3. The molecule has 2 rings (SSSR count). The Balaban J connectivity index is 1.73. The minimum absolute atomic E-state index is 0.559. The summed E-state index contributed by atoms with van der Waals surface area (Å²) in [6.45, 7) is 2.67. The summed E-state index contributed by atoms with van der Waals surface area (Å²) in [7, 11) is 0. The van der Waals surface area contributed by atoms with Crippen molar-refractivity contribution in [1.82, 2.24) is 0 Å². The molecule has 0 aromatic heterocycles. The van der Waals surface area contributed by atoms with Crippen molar-refractivity contribution in [2.24, 2.45) is 10.7 Å². The van der Waals surface area contributed by atoms with Gasteiger partial charge in [0.1, 0.15) is 5.75 Å². The number of aryl methyl sites for hydroxylation is 1. The number of rotatable bonds is 5. The lowest BCUT2D eigenvalue weighted by atomic mass is 10.2. The average Bonchev–Trinajstić information content (AvgIpc) is 2.46. The molecule has 0 saturated carbocycles. The van der Waals surface area contributed by atoms with Gasteiger partial charge in [0.25, 0.3) is 0 Å². The summed E-state index contributed by atoms with van der Waals surface area (Å²) in [6, 6.07) is 17.7. The molecule has 20 heavy (non-hydrogen) atoms. The number of benzene rings is 2. The van der Waals surface area contributed by atoms with Crippen LogP contribution in [-0.4, -0.2) is 17.5 Å². The van der Waals surface area contributed by atoms with Gasteiger partial charge < -0.3 is 10.5 Å². The van der Waals surface area contributed by atoms with Crippen LogP contribution in [-0.2, 0) is 0 Å². The summed E-state index contributed by atoms with van der Waals surface area (Å²) in [6.07, 6.45) is 0. The molecule has 0 amide bonds. The molecule has 0 atom stereocenters. The van der Waals surface area contributed by atoms with Crippen LogP contribution in [0.3, 0.4) is 0 Å². The standard InChI is InChI=1S/C16H18N2OS/c1-13-7-9-15(10-8-13)19-11-12-20-16(17)18-14-5-3-2-4-6-14/h2-10H,11-12H2,1H3,(H2,17,18). The van der Waals surface area contributed by atoms with E-state index >= 15 is 0 Å². The maximum Gasteiger partial charge on any atom is 0.159 e. The Morgan fingerprint density at radius 2 is 1.80 bits per heavy atom. The molecule has 0 bridgehead atoms. The van der Waals surface area contributed by atoms with Crippen molar-refractivity contribution in [3.8, 4) is 5.75 Å². The van der Waals surface area contributed by atoms with E-state index in [4.69, 9.17) is 10.5 Å². The fraction of sp³-hybridized carbons (Fsp3) is 0.188. The van der Waals surface area contributed by atoms with Crippen LogP contribution in [0.15, 0.2) is 59.6 Å². The van der Waals surface area contributed by atoms with Crippen molar-refractivity contribution >= 4 is 22.6 Å². The molecule has 0 aliphatic heterocycles. The Hall–Kier alpha value is -1.94. The highest BCUT2D eigenvalue weighted by Crippen LogP contribution is 2.14. The van der Waals surface area contributed by atoms with Crippen LogP contribution < -0.4 is 10.5 Å². The van der Waals surface area contributed by atoms with Crippen LogP contribution in [0.1, 0.15) is 5.56 Å². The smallest absolute Gasteiger partial charge is 0.159 e. The number of hydrogen-bond donors (Lipinski definition) is 1. The van der Waals surface area contributed by atoms with Crippen molar-refractivity contribution in [1.29, 1.82) is 0 Å². The van der Waals surface area contributed by atoms with E-state index in [-0.39, 0.29) is 0 Å². The molecule has 2 aromatic rings. The van der Waals surface area contributed by atoms with Crippen LogP contribution >= 0.6 is 11.8 Å². The third-order valence-corrected chi connectivity index (χ3v) is 3.38. The Morgan fingerprint density at radius 3 is 2.50 bits per heavy atom. The van der Waals surface area contributed by atoms with Crippen molar-refractivity contribution in [3.05, 3.63) is 60.2 Å². The number of para-hydroxylation sites is 1. The zero-order chi connectivity index (χ0) is 14.2. The van der Waals surface area contributed by atoms with Crippen LogP contribution in [0.5, 0.6) is 5.75 Å². The third-order valence-electron chi connectivity index (χ3n) is 2.62. The monoisotopic (exact) mass is 286 g/mol. The molecule has 4 heteroatoms. The fourth-order valence-corrected chi connectivity index (χ4v) is 2.15. The van der Waals surface area contributed by atoms with Crippen molar-refractivity contribution in [2.45, 2.75) is 6.92 Å². The molecule has 3 nitrogen and oxygen atoms in total. The van der Waals surface area contributed by atoms with Crippen LogP contribution in [0.25, 0.3) is 0 Å². The summed E-state index contributed by atoms with van der Waals surface area (Å²) in [4.78, 5) is 4.32. The lowest BCUT2D eigenvalue weighted by Gasteiger charge is -2.06. The second-order valence-corrected chi connectivity index (χ2v) is 5.41. The van der Waals surface area contributed by atoms with E-state index in [2.05, 4.69) is 11.9 Å². The zero-order valence-electron chi connectivity index (χ0n) is 11.5. The minimum Gasteiger partial charge on any atom is -0.493 e. The summed E-state index contributed by atoms with van der Waals surface area (Å²) >= 11 is 1.50. The van der Waals surface area contributed by atoms with Gasteiger partial charge in [-0.1, -0.05) is 47.7 Å². The predicted octanol–water partition coefficient (Wildman–Crippen LogP) is 3.75. The first-order valence-corrected chi connectivity index (χ1v) is 7.44. The van der Waals surface area contributed by atoms with Gasteiger partial charge >= 0.3 is 0 Å². The number of aliphatic imine (C=N–C) groups is 1. The molecule has 0 saturated heterocycles. The van der Waals surface area contributed by atoms with E-state index in [1.165, 1.54) is 17.3 Å². The molecule has 104 valence electrons. The maximum absolute atomic E-state index is 5.86. The second kappa shape index (κ2) is 7.60. The first-order valence-electron chi connectivity index (χ1n) is 6.45. The summed E-state index contributed by atoms with van der Waals surface area (Å²) in [5, 5.41) is 0.559. The van der Waals surface area contributed by atoms with Gasteiger partial charge in [-0.3, -0.25) is 0 Å². The number of amidine groups is 1. The molecule has 0 fully saturated rings. The lowest BCUT2D eigenvalue weighted by Crippen LogP contribution is -2.10. The summed E-state index contributed by atoms with van der Waals surface area (Å²) in [5.41, 5.74) is 7.96. The van der Waals surface area contributed by atoms with E-state index in [0.29, 0.717) is 11.8 Å². The van der Waals surface area contributed by atoms with Crippen LogP contribution in [0.4, 0.5) is 5.69 Å². The van der Waals surface area contributed by atoms with Gasteiger partial charge in [-0.2, -0.15) is 0 Å². The SMILES string of the molecule is Cc1ccc(OCCSC(N)=Nc2ccccc2)cc1. The molecule has 2 aromatic carbocycles. The minimum atomic E-state index is 0.559. The number of nitrogens with zero attached hydrogens (tertiary/aromatic N) is 1. The Labute approximate surface area is 123 Å². The second-order valence-electron chi connectivity index (χ2n) is 4.30. The molecular formula is C16H18N2OS. The molecule has 0 aliphatic rings. The average molecular weight is 286 g/mol. The highest BCUT2D eigenvalue weighted by molar-refractivity contribution is 8.13. The van der Waals surface area contributed by atoms with Gasteiger partial charge in [0, 0.05) is 5.75 Å². The lowest BCUT2D eigenvalue weighted by molar-refractivity contribution is 0.344.